The SMILES string of the molecule is C=CC(=O)NC1CC2CN(S(=O)(=O)c3ccc(CC(=O)NCc4ccccc4)cc3)CC2C1. The Hall–Kier alpha value is -2.97. The summed E-state index contributed by atoms with van der Waals surface area (Å²) in [6.07, 6.45) is 3.03. The molecule has 1 aliphatic carbocycles. The van der Waals surface area contributed by atoms with Gasteiger partial charge in [-0.1, -0.05) is 49.0 Å². The molecule has 2 aliphatic rings. The first kappa shape index (κ1) is 23.2. The van der Waals surface area contributed by atoms with Gasteiger partial charge in [-0.25, -0.2) is 8.42 Å². The van der Waals surface area contributed by atoms with Crippen LogP contribution >= 0.6 is 0 Å². The molecule has 8 heteroatoms. The summed E-state index contributed by atoms with van der Waals surface area (Å²) >= 11 is 0. The van der Waals surface area contributed by atoms with Gasteiger partial charge < -0.3 is 10.6 Å². The Morgan fingerprint density at radius 3 is 2.21 bits per heavy atom. The molecule has 4 rings (SSSR count). The molecule has 0 bridgehead atoms. The monoisotopic (exact) mass is 467 g/mol. The summed E-state index contributed by atoms with van der Waals surface area (Å²) in [5.74, 6) is 0.211. The predicted octanol–water partition coefficient (Wildman–Crippen LogP) is 2.25. The molecule has 2 aromatic rings. The van der Waals surface area contributed by atoms with Gasteiger partial charge >= 0.3 is 0 Å². The lowest BCUT2D eigenvalue weighted by Crippen LogP contribution is -2.35. The van der Waals surface area contributed by atoms with Crippen molar-refractivity contribution in [2.75, 3.05) is 13.1 Å². The Bertz CT molecular complexity index is 1100. The van der Waals surface area contributed by atoms with Crippen LogP contribution in [0.4, 0.5) is 0 Å². The van der Waals surface area contributed by atoms with Crippen LogP contribution in [0.1, 0.15) is 24.0 Å². The molecule has 2 unspecified atom stereocenters. The Morgan fingerprint density at radius 2 is 1.61 bits per heavy atom. The van der Waals surface area contributed by atoms with E-state index in [0.717, 1.165) is 24.0 Å². The highest BCUT2D eigenvalue weighted by Gasteiger charge is 2.45. The van der Waals surface area contributed by atoms with Crippen molar-refractivity contribution in [3.63, 3.8) is 0 Å². The summed E-state index contributed by atoms with van der Waals surface area (Å²) in [7, 11) is -3.59. The number of nitrogens with zero attached hydrogens (tertiary/aromatic N) is 1. The van der Waals surface area contributed by atoms with Crippen molar-refractivity contribution in [1.29, 1.82) is 0 Å². The molecule has 2 atom stereocenters. The van der Waals surface area contributed by atoms with Crippen LogP contribution in [0.15, 0.2) is 72.1 Å². The van der Waals surface area contributed by atoms with Crippen molar-refractivity contribution >= 4 is 21.8 Å². The number of fused-ring (bicyclic) bond motifs is 1. The van der Waals surface area contributed by atoms with Crippen LogP contribution in [-0.4, -0.2) is 43.7 Å². The smallest absolute Gasteiger partial charge is 0.243 e. The van der Waals surface area contributed by atoms with Crippen LogP contribution < -0.4 is 10.6 Å². The molecule has 0 radical (unpaired) electrons. The molecule has 2 fully saturated rings. The third-order valence-electron chi connectivity index (χ3n) is 6.51. The molecular formula is C25H29N3O4S. The summed E-state index contributed by atoms with van der Waals surface area (Å²) < 4.78 is 27.8. The number of carbonyl (C=O) groups is 2. The van der Waals surface area contributed by atoms with Crippen LogP contribution in [0.2, 0.25) is 0 Å². The molecule has 2 N–H and O–H groups in total. The Balaban J connectivity index is 1.31. The van der Waals surface area contributed by atoms with E-state index < -0.39 is 10.0 Å². The first-order chi connectivity index (χ1) is 15.8. The minimum Gasteiger partial charge on any atom is -0.352 e. The summed E-state index contributed by atoms with van der Waals surface area (Å²) in [6, 6.07) is 16.3. The summed E-state index contributed by atoms with van der Waals surface area (Å²) in [4.78, 5) is 24.0. The van der Waals surface area contributed by atoms with Gasteiger partial charge in [-0.2, -0.15) is 4.31 Å². The van der Waals surface area contributed by atoms with E-state index >= 15 is 0 Å². The molecule has 174 valence electrons. The van der Waals surface area contributed by atoms with Gasteiger partial charge in [0.2, 0.25) is 21.8 Å². The minimum atomic E-state index is -3.59. The first-order valence-electron chi connectivity index (χ1n) is 11.2. The molecule has 0 aromatic heterocycles. The fourth-order valence-electron chi connectivity index (χ4n) is 4.80. The van der Waals surface area contributed by atoms with E-state index in [1.165, 1.54) is 6.08 Å². The van der Waals surface area contributed by atoms with Crippen LogP contribution in [0.25, 0.3) is 0 Å². The Kier molecular flexibility index (Phi) is 6.95. The first-order valence-corrected chi connectivity index (χ1v) is 12.6. The summed E-state index contributed by atoms with van der Waals surface area (Å²) in [6.45, 7) is 4.87. The molecule has 2 aromatic carbocycles. The minimum absolute atomic E-state index is 0.0858. The van der Waals surface area contributed by atoms with Gasteiger partial charge in [0.1, 0.15) is 0 Å². The Labute approximate surface area is 194 Å². The number of benzene rings is 2. The van der Waals surface area contributed by atoms with E-state index in [2.05, 4.69) is 17.2 Å². The van der Waals surface area contributed by atoms with E-state index in [4.69, 9.17) is 0 Å². The molecule has 1 aliphatic heterocycles. The molecule has 1 heterocycles. The fraction of sp³-hybridized carbons (Fsp3) is 0.360. The second-order valence-electron chi connectivity index (χ2n) is 8.81. The molecule has 2 amide bonds. The molecule has 1 saturated heterocycles. The van der Waals surface area contributed by atoms with Gasteiger partial charge in [-0.3, -0.25) is 9.59 Å². The summed E-state index contributed by atoms with van der Waals surface area (Å²) in [5.41, 5.74) is 1.79. The van der Waals surface area contributed by atoms with Crippen LogP contribution in [0.3, 0.4) is 0 Å². The number of carbonyl (C=O) groups excluding carboxylic acids is 2. The van der Waals surface area contributed by atoms with E-state index in [9.17, 15) is 18.0 Å². The number of nitrogens with one attached hydrogen (secondary N) is 2. The zero-order valence-corrected chi connectivity index (χ0v) is 19.3. The maximum Gasteiger partial charge on any atom is 0.243 e. The summed E-state index contributed by atoms with van der Waals surface area (Å²) in [5, 5.41) is 5.81. The van der Waals surface area contributed by atoms with Crippen LogP contribution in [-0.2, 0) is 32.6 Å². The third kappa shape index (κ3) is 5.51. The van der Waals surface area contributed by atoms with Crippen molar-refractivity contribution < 1.29 is 18.0 Å². The highest BCUT2D eigenvalue weighted by atomic mass is 32.2. The Morgan fingerprint density at radius 1 is 0.970 bits per heavy atom. The van der Waals surface area contributed by atoms with Crippen molar-refractivity contribution in [3.8, 4) is 0 Å². The van der Waals surface area contributed by atoms with Gasteiger partial charge in [-0.05, 0) is 54.0 Å². The number of hydrogen-bond donors (Lipinski definition) is 2. The van der Waals surface area contributed by atoms with Gasteiger partial charge in [0, 0.05) is 25.7 Å². The van der Waals surface area contributed by atoms with Crippen molar-refractivity contribution in [3.05, 3.63) is 78.4 Å². The van der Waals surface area contributed by atoms with Crippen LogP contribution in [0.5, 0.6) is 0 Å². The number of rotatable bonds is 8. The predicted molar refractivity (Wildman–Crippen MR) is 126 cm³/mol. The zero-order chi connectivity index (χ0) is 23.4. The van der Waals surface area contributed by atoms with E-state index in [-0.39, 0.29) is 41.0 Å². The molecule has 33 heavy (non-hydrogen) atoms. The van der Waals surface area contributed by atoms with E-state index in [0.29, 0.717) is 19.6 Å². The highest BCUT2D eigenvalue weighted by molar-refractivity contribution is 7.89. The second-order valence-corrected chi connectivity index (χ2v) is 10.7. The van der Waals surface area contributed by atoms with Crippen molar-refractivity contribution in [2.45, 2.75) is 36.7 Å². The van der Waals surface area contributed by atoms with Crippen LogP contribution in [0, 0.1) is 11.8 Å². The van der Waals surface area contributed by atoms with E-state index in [1.54, 1.807) is 28.6 Å². The fourth-order valence-corrected chi connectivity index (χ4v) is 6.36. The van der Waals surface area contributed by atoms with Gasteiger partial charge in [0.25, 0.3) is 0 Å². The second kappa shape index (κ2) is 9.89. The lowest BCUT2D eigenvalue weighted by molar-refractivity contribution is -0.120. The average molecular weight is 468 g/mol. The van der Waals surface area contributed by atoms with Gasteiger partial charge in [0.15, 0.2) is 0 Å². The van der Waals surface area contributed by atoms with E-state index in [1.807, 2.05) is 30.3 Å². The quantitative estimate of drug-likeness (QED) is 0.582. The largest absolute Gasteiger partial charge is 0.352 e. The number of hydrogen-bond acceptors (Lipinski definition) is 4. The van der Waals surface area contributed by atoms with Gasteiger partial charge in [0.05, 0.1) is 11.3 Å². The standard InChI is InChI=1S/C25H29N3O4S/c1-2-24(29)27-22-13-20-16-28(17-21(20)14-22)33(31,32)23-10-8-18(9-11-23)12-25(30)26-15-19-6-4-3-5-7-19/h2-11,20-22H,1,12-17H2,(H,26,30)(H,27,29). The van der Waals surface area contributed by atoms with Gasteiger partial charge in [-0.15, -0.1) is 0 Å². The molecule has 7 nitrogen and oxygen atoms in total. The number of sulfonamides is 1. The lowest BCUT2D eigenvalue weighted by Gasteiger charge is -2.19. The maximum absolute atomic E-state index is 13.1. The normalized spacial score (nSPS) is 22.5. The lowest BCUT2D eigenvalue weighted by atomic mass is 10.0. The molecule has 1 saturated carbocycles. The zero-order valence-electron chi connectivity index (χ0n) is 18.4. The molecule has 0 spiro atoms. The van der Waals surface area contributed by atoms with Crippen molar-refractivity contribution in [2.24, 2.45) is 11.8 Å². The topological polar surface area (TPSA) is 95.6 Å². The molecular weight excluding hydrogens is 438 g/mol. The third-order valence-corrected chi connectivity index (χ3v) is 8.35. The number of amides is 2. The highest BCUT2D eigenvalue weighted by Crippen LogP contribution is 2.40. The maximum atomic E-state index is 13.1. The van der Waals surface area contributed by atoms with Crippen molar-refractivity contribution in [1.82, 2.24) is 14.9 Å². The average Bonchev–Trinajstić information content (AvgIpc) is 3.38.